The topological polar surface area (TPSA) is 38.3 Å². The van der Waals surface area contributed by atoms with Gasteiger partial charge in [-0.1, -0.05) is 12.1 Å². The van der Waals surface area contributed by atoms with Gasteiger partial charge in [0.1, 0.15) is 0 Å². The molecule has 0 heterocycles. The largest absolute Gasteiger partial charge is 0.382 e. The van der Waals surface area contributed by atoms with Crippen molar-refractivity contribution in [3.63, 3.8) is 0 Å². The summed E-state index contributed by atoms with van der Waals surface area (Å²) < 4.78 is 6.04. The molecule has 0 aliphatic rings. The van der Waals surface area contributed by atoms with Crippen LogP contribution in [0.3, 0.4) is 0 Å². The second-order valence-electron chi connectivity index (χ2n) is 4.07. The number of carbonyl (C=O) groups excluding carboxylic acids is 1. The van der Waals surface area contributed by atoms with Crippen LogP contribution in [-0.2, 0) is 9.53 Å². The predicted octanol–water partition coefficient (Wildman–Crippen LogP) is 3.51. The highest BCUT2D eigenvalue weighted by Gasteiger charge is 2.08. The van der Waals surface area contributed by atoms with Crippen molar-refractivity contribution in [3.8, 4) is 0 Å². The van der Waals surface area contributed by atoms with Gasteiger partial charge < -0.3 is 10.1 Å². The Morgan fingerprint density at radius 2 is 2.24 bits per heavy atom. The number of methoxy groups -OCH3 is 1. The first kappa shape index (κ1) is 14.2. The zero-order chi connectivity index (χ0) is 12.8. The molecule has 0 aliphatic carbocycles. The molecule has 0 bridgehead atoms. The minimum atomic E-state index is 0.0141. The molecule has 3 nitrogen and oxygen atoms in total. The van der Waals surface area contributed by atoms with Gasteiger partial charge in [0.15, 0.2) is 0 Å². The average Bonchev–Trinajstić information content (AvgIpc) is 2.32. The van der Waals surface area contributed by atoms with E-state index in [1.54, 1.807) is 7.11 Å². The van der Waals surface area contributed by atoms with Crippen molar-refractivity contribution in [2.24, 2.45) is 0 Å². The summed E-state index contributed by atoms with van der Waals surface area (Å²) in [5, 5.41) is 2.89. The van der Waals surface area contributed by atoms with Crippen molar-refractivity contribution in [2.45, 2.75) is 32.8 Å². The number of ether oxygens (including phenoxy) is 1. The molecule has 4 heteroatoms. The number of nitrogens with one attached hydrogen (secondary N) is 1. The molecule has 0 spiro atoms. The summed E-state index contributed by atoms with van der Waals surface area (Å²) in [5.74, 6) is 0.0141. The monoisotopic (exact) mass is 299 g/mol. The summed E-state index contributed by atoms with van der Waals surface area (Å²) in [6, 6.07) is 5.80. The molecule has 0 fully saturated rings. The van der Waals surface area contributed by atoms with Crippen LogP contribution in [0.15, 0.2) is 22.7 Å². The Hall–Kier alpha value is -0.870. The molecule has 17 heavy (non-hydrogen) atoms. The van der Waals surface area contributed by atoms with E-state index in [1.807, 2.05) is 32.0 Å². The standard InChI is InChI=1S/C13H18BrNO2/c1-9-5-4-6-11(13(9)14)15-12(16)8-7-10(2)17-3/h4-6,10H,7-8H2,1-3H3,(H,15,16). The summed E-state index contributed by atoms with van der Waals surface area (Å²) >= 11 is 3.46. The average molecular weight is 300 g/mol. The highest BCUT2D eigenvalue weighted by atomic mass is 79.9. The van der Waals surface area contributed by atoms with Crippen molar-refractivity contribution in [2.75, 3.05) is 12.4 Å². The van der Waals surface area contributed by atoms with Crippen LogP contribution < -0.4 is 5.32 Å². The van der Waals surface area contributed by atoms with E-state index in [0.717, 1.165) is 22.1 Å². The van der Waals surface area contributed by atoms with Gasteiger partial charge in [-0.25, -0.2) is 0 Å². The lowest BCUT2D eigenvalue weighted by atomic mass is 10.2. The number of aryl methyl sites for hydroxylation is 1. The minimum absolute atomic E-state index is 0.0141. The van der Waals surface area contributed by atoms with E-state index in [9.17, 15) is 4.79 Å². The number of benzene rings is 1. The van der Waals surface area contributed by atoms with E-state index in [2.05, 4.69) is 21.2 Å². The second-order valence-corrected chi connectivity index (χ2v) is 4.86. The molecule has 0 aromatic heterocycles. The van der Waals surface area contributed by atoms with Gasteiger partial charge in [-0.05, 0) is 47.8 Å². The Bertz CT molecular complexity index is 393. The van der Waals surface area contributed by atoms with E-state index in [1.165, 1.54) is 0 Å². The Labute approximate surface area is 111 Å². The first-order valence-electron chi connectivity index (χ1n) is 5.62. The summed E-state index contributed by atoms with van der Waals surface area (Å²) in [4.78, 5) is 11.7. The van der Waals surface area contributed by atoms with Crippen molar-refractivity contribution in [1.82, 2.24) is 0 Å². The summed E-state index contributed by atoms with van der Waals surface area (Å²) in [6.45, 7) is 3.95. The fourth-order valence-electron chi connectivity index (χ4n) is 1.41. The summed E-state index contributed by atoms with van der Waals surface area (Å²) in [5.41, 5.74) is 1.92. The molecule has 1 N–H and O–H groups in total. The van der Waals surface area contributed by atoms with Crippen LogP contribution in [0.2, 0.25) is 0 Å². The second kappa shape index (κ2) is 6.77. The number of halogens is 1. The molecule has 0 saturated heterocycles. The van der Waals surface area contributed by atoms with Crippen LogP contribution in [0.5, 0.6) is 0 Å². The van der Waals surface area contributed by atoms with Crippen LogP contribution in [0.4, 0.5) is 5.69 Å². The predicted molar refractivity (Wildman–Crippen MR) is 73.2 cm³/mol. The molecular weight excluding hydrogens is 282 g/mol. The lowest BCUT2D eigenvalue weighted by molar-refractivity contribution is -0.116. The van der Waals surface area contributed by atoms with Gasteiger partial charge in [-0.2, -0.15) is 0 Å². The molecule has 0 aliphatic heterocycles. The Morgan fingerprint density at radius 3 is 2.88 bits per heavy atom. The maximum absolute atomic E-state index is 11.7. The Morgan fingerprint density at radius 1 is 1.53 bits per heavy atom. The quantitative estimate of drug-likeness (QED) is 0.903. The van der Waals surface area contributed by atoms with E-state index >= 15 is 0 Å². The number of carbonyl (C=O) groups is 1. The van der Waals surface area contributed by atoms with Crippen molar-refractivity contribution in [1.29, 1.82) is 0 Å². The third kappa shape index (κ3) is 4.48. The van der Waals surface area contributed by atoms with E-state index < -0.39 is 0 Å². The number of hydrogen-bond donors (Lipinski definition) is 1. The van der Waals surface area contributed by atoms with E-state index in [4.69, 9.17) is 4.74 Å². The lowest BCUT2D eigenvalue weighted by Gasteiger charge is -2.11. The van der Waals surface area contributed by atoms with Crippen LogP contribution in [0, 0.1) is 6.92 Å². The zero-order valence-corrected chi connectivity index (χ0v) is 12.0. The molecular formula is C13H18BrNO2. The van der Waals surface area contributed by atoms with Gasteiger partial charge in [0.2, 0.25) is 5.91 Å². The number of amides is 1. The zero-order valence-electron chi connectivity index (χ0n) is 10.4. The van der Waals surface area contributed by atoms with Gasteiger partial charge in [0, 0.05) is 18.0 Å². The van der Waals surface area contributed by atoms with Gasteiger partial charge >= 0.3 is 0 Å². The molecule has 1 aromatic rings. The highest BCUT2D eigenvalue weighted by Crippen LogP contribution is 2.25. The molecule has 94 valence electrons. The first-order valence-corrected chi connectivity index (χ1v) is 6.41. The van der Waals surface area contributed by atoms with Gasteiger partial charge in [0.05, 0.1) is 11.8 Å². The normalized spacial score (nSPS) is 12.2. The maximum Gasteiger partial charge on any atom is 0.224 e. The molecule has 0 saturated carbocycles. The molecule has 1 unspecified atom stereocenters. The van der Waals surface area contributed by atoms with Gasteiger partial charge in [-0.15, -0.1) is 0 Å². The number of hydrogen-bond acceptors (Lipinski definition) is 2. The molecule has 1 amide bonds. The fraction of sp³-hybridized carbons (Fsp3) is 0.462. The van der Waals surface area contributed by atoms with Crippen molar-refractivity contribution >= 4 is 27.5 Å². The van der Waals surface area contributed by atoms with Gasteiger partial charge in [-0.3, -0.25) is 4.79 Å². The number of anilines is 1. The third-order valence-corrected chi connectivity index (χ3v) is 3.70. The van der Waals surface area contributed by atoms with Crippen LogP contribution in [-0.4, -0.2) is 19.1 Å². The summed E-state index contributed by atoms with van der Waals surface area (Å²) in [6.07, 6.45) is 1.31. The maximum atomic E-state index is 11.7. The molecule has 0 radical (unpaired) electrons. The summed E-state index contributed by atoms with van der Waals surface area (Å²) in [7, 11) is 1.65. The van der Waals surface area contributed by atoms with Crippen LogP contribution in [0.25, 0.3) is 0 Å². The SMILES string of the molecule is COC(C)CCC(=O)Nc1cccc(C)c1Br. The fourth-order valence-corrected chi connectivity index (χ4v) is 1.77. The Balaban J connectivity index is 2.54. The highest BCUT2D eigenvalue weighted by molar-refractivity contribution is 9.10. The first-order chi connectivity index (χ1) is 8.04. The lowest BCUT2D eigenvalue weighted by Crippen LogP contribution is -2.15. The van der Waals surface area contributed by atoms with E-state index in [0.29, 0.717) is 6.42 Å². The molecule has 1 rings (SSSR count). The van der Waals surface area contributed by atoms with Gasteiger partial charge in [0.25, 0.3) is 0 Å². The Kier molecular flexibility index (Phi) is 5.65. The minimum Gasteiger partial charge on any atom is -0.382 e. The van der Waals surface area contributed by atoms with E-state index in [-0.39, 0.29) is 12.0 Å². The van der Waals surface area contributed by atoms with Crippen LogP contribution in [0.1, 0.15) is 25.3 Å². The number of rotatable bonds is 5. The van der Waals surface area contributed by atoms with Crippen LogP contribution >= 0.6 is 15.9 Å². The smallest absolute Gasteiger partial charge is 0.224 e. The molecule has 1 atom stereocenters. The third-order valence-electron chi connectivity index (χ3n) is 2.65. The van der Waals surface area contributed by atoms with Crippen molar-refractivity contribution < 1.29 is 9.53 Å². The molecule has 1 aromatic carbocycles. The van der Waals surface area contributed by atoms with Crippen molar-refractivity contribution in [3.05, 3.63) is 28.2 Å².